The smallest absolute Gasteiger partial charge is 0.286 e. The molecule has 2 rings (SSSR count). The van der Waals surface area contributed by atoms with Crippen LogP contribution in [-0.2, 0) is 9.47 Å². The van der Waals surface area contributed by atoms with Gasteiger partial charge in [-0.15, -0.1) is 0 Å². The van der Waals surface area contributed by atoms with Gasteiger partial charge in [0, 0.05) is 13.5 Å². The van der Waals surface area contributed by atoms with Crippen molar-refractivity contribution < 1.29 is 19.1 Å². The molecule has 0 aliphatic rings. The lowest BCUT2D eigenvalue weighted by Crippen LogP contribution is -2.17. The van der Waals surface area contributed by atoms with Crippen molar-refractivity contribution in [3.8, 4) is 0 Å². The van der Waals surface area contributed by atoms with Crippen LogP contribution in [0.3, 0.4) is 0 Å². The summed E-state index contributed by atoms with van der Waals surface area (Å²) in [5.41, 5.74) is 6.04. The predicted molar refractivity (Wildman–Crippen MR) is 67.7 cm³/mol. The van der Waals surface area contributed by atoms with Gasteiger partial charge >= 0.3 is 0 Å². The molecule has 0 aliphatic carbocycles. The third-order valence-corrected chi connectivity index (χ3v) is 2.35. The van der Waals surface area contributed by atoms with Gasteiger partial charge in [-0.05, 0) is 0 Å². The van der Waals surface area contributed by atoms with Crippen molar-refractivity contribution in [2.45, 2.75) is 6.42 Å². The van der Waals surface area contributed by atoms with Gasteiger partial charge in [0.05, 0.1) is 12.8 Å². The van der Waals surface area contributed by atoms with Crippen LogP contribution in [0, 0.1) is 0 Å². The van der Waals surface area contributed by atoms with Crippen LogP contribution >= 0.6 is 0 Å². The Morgan fingerprint density at radius 3 is 3.00 bits per heavy atom. The summed E-state index contributed by atoms with van der Waals surface area (Å²) in [4.78, 5) is 28.4. The van der Waals surface area contributed by atoms with E-state index in [4.69, 9.17) is 20.0 Å². The first-order valence-electron chi connectivity index (χ1n) is 5.92. The predicted octanol–water partition coefficient (Wildman–Crippen LogP) is -0.636. The largest absolute Gasteiger partial charge is 0.411 e. The average molecular weight is 281 g/mol. The summed E-state index contributed by atoms with van der Waals surface area (Å²) in [7, 11) is 1.56. The molecule has 2 N–H and O–H groups in total. The molecule has 2 aromatic rings. The molecule has 0 fully saturated rings. The van der Waals surface area contributed by atoms with Crippen molar-refractivity contribution in [3.63, 3.8) is 0 Å². The first kappa shape index (κ1) is 14.2. The van der Waals surface area contributed by atoms with E-state index in [-0.39, 0.29) is 12.6 Å². The third-order valence-electron chi connectivity index (χ3n) is 2.35. The van der Waals surface area contributed by atoms with E-state index in [2.05, 4.69) is 15.0 Å². The van der Waals surface area contributed by atoms with E-state index in [0.717, 1.165) is 0 Å². The van der Waals surface area contributed by atoms with Crippen molar-refractivity contribution in [3.05, 3.63) is 18.3 Å². The molecule has 2 aromatic heterocycles. The van der Waals surface area contributed by atoms with Crippen molar-refractivity contribution >= 4 is 17.1 Å². The molecule has 0 aromatic carbocycles. The van der Waals surface area contributed by atoms with Crippen molar-refractivity contribution in [1.29, 1.82) is 0 Å². The number of amides is 1. The Balaban J connectivity index is 1.96. The summed E-state index contributed by atoms with van der Waals surface area (Å²) in [5, 5.41) is 0. The van der Waals surface area contributed by atoms with Crippen LogP contribution < -0.4 is 10.6 Å². The highest BCUT2D eigenvalue weighted by molar-refractivity contribution is 5.90. The maximum absolute atomic E-state index is 11.0. The van der Waals surface area contributed by atoms with E-state index in [1.165, 1.54) is 17.3 Å². The molecular formula is C11H15N5O4. The number of fused-ring (bicyclic) bond motifs is 1. The zero-order valence-electron chi connectivity index (χ0n) is 11.0. The maximum atomic E-state index is 11.0. The van der Waals surface area contributed by atoms with Gasteiger partial charge in [0.1, 0.15) is 25.2 Å². The van der Waals surface area contributed by atoms with Crippen molar-refractivity contribution in [2.75, 3.05) is 27.1 Å². The third kappa shape index (κ3) is 3.39. The van der Waals surface area contributed by atoms with Crippen molar-refractivity contribution in [1.82, 2.24) is 19.7 Å². The highest BCUT2D eigenvalue weighted by Crippen LogP contribution is 2.07. The summed E-state index contributed by atoms with van der Waals surface area (Å²) in [6.07, 6.45) is 3.56. The number of imidazole rings is 1. The minimum atomic E-state index is -0.701. The molecule has 0 saturated heterocycles. The molecular weight excluding hydrogens is 266 g/mol. The van der Waals surface area contributed by atoms with E-state index in [1.807, 2.05) is 0 Å². The van der Waals surface area contributed by atoms with Gasteiger partial charge in [-0.3, -0.25) is 4.79 Å². The Morgan fingerprint density at radius 1 is 1.40 bits per heavy atom. The fourth-order valence-corrected chi connectivity index (χ4v) is 1.47. The van der Waals surface area contributed by atoms with Crippen LogP contribution in [0.5, 0.6) is 0 Å². The number of nitrogens with zero attached hydrogens (tertiary/aromatic N) is 4. The molecule has 108 valence electrons. The van der Waals surface area contributed by atoms with Crippen LogP contribution in [0.2, 0.25) is 0 Å². The zero-order chi connectivity index (χ0) is 14.4. The second-order valence-electron chi connectivity index (χ2n) is 3.84. The number of aromatic nitrogens is 4. The highest BCUT2D eigenvalue weighted by atomic mass is 16.7. The number of nitrogens with two attached hydrogens (primary N) is 1. The van der Waals surface area contributed by atoms with Crippen LogP contribution in [0.25, 0.3) is 11.2 Å². The van der Waals surface area contributed by atoms with Gasteiger partial charge in [-0.2, -0.15) is 4.73 Å². The number of carbonyl (C=O) groups excluding carboxylic acids is 1. The first-order valence-corrected chi connectivity index (χ1v) is 5.92. The minimum absolute atomic E-state index is 0.0775. The molecule has 2 heterocycles. The Morgan fingerprint density at radius 2 is 2.25 bits per heavy atom. The average Bonchev–Trinajstić information content (AvgIpc) is 2.85. The van der Waals surface area contributed by atoms with Crippen LogP contribution in [-0.4, -0.2) is 52.7 Å². The summed E-state index contributed by atoms with van der Waals surface area (Å²) in [5.74, 6) is -0.779. The Bertz CT molecular complexity index is 585. The number of hydrogen-bond acceptors (Lipinski definition) is 7. The molecule has 0 radical (unpaired) electrons. The van der Waals surface area contributed by atoms with Gasteiger partial charge in [0.15, 0.2) is 5.65 Å². The lowest BCUT2D eigenvalue weighted by atomic mass is 10.5. The van der Waals surface area contributed by atoms with Gasteiger partial charge < -0.3 is 20.0 Å². The van der Waals surface area contributed by atoms with Gasteiger partial charge in [0.25, 0.3) is 5.91 Å². The monoisotopic (exact) mass is 281 g/mol. The Hall–Kier alpha value is -2.26. The van der Waals surface area contributed by atoms with Crippen LogP contribution in [0.4, 0.5) is 0 Å². The second-order valence-corrected chi connectivity index (χ2v) is 3.84. The Labute approximate surface area is 114 Å². The topological polar surface area (TPSA) is 114 Å². The van der Waals surface area contributed by atoms with Crippen molar-refractivity contribution in [2.24, 2.45) is 5.73 Å². The number of hydrogen-bond donors (Lipinski definition) is 1. The number of ether oxygens (including phenoxy) is 2. The standard InChI is InChI=1S/C11H15N5O4/c1-18-7-19-3-2-4-20-16-6-14-8-5-13-10(9(12)17)15-11(8)16/h5-6H,2-4,7H2,1H3,(H2,12,17). The summed E-state index contributed by atoms with van der Waals surface area (Å²) in [6, 6.07) is 0. The summed E-state index contributed by atoms with van der Waals surface area (Å²) < 4.78 is 11.2. The van der Waals surface area contributed by atoms with E-state index >= 15 is 0 Å². The second kappa shape index (κ2) is 6.78. The summed E-state index contributed by atoms with van der Waals surface area (Å²) in [6.45, 7) is 1.18. The first-order chi connectivity index (χ1) is 9.72. The molecule has 9 nitrogen and oxygen atoms in total. The quantitative estimate of drug-likeness (QED) is 0.505. The van der Waals surface area contributed by atoms with E-state index in [0.29, 0.717) is 30.8 Å². The molecule has 0 saturated carbocycles. The lowest BCUT2D eigenvalue weighted by Gasteiger charge is -2.07. The maximum Gasteiger partial charge on any atom is 0.286 e. The molecule has 1 amide bonds. The molecule has 0 aliphatic heterocycles. The SMILES string of the molecule is COCOCCCOn1cnc2cnc(C(N)=O)nc21. The van der Waals surface area contributed by atoms with E-state index < -0.39 is 5.91 Å². The highest BCUT2D eigenvalue weighted by Gasteiger charge is 2.10. The molecule has 0 atom stereocenters. The van der Waals surface area contributed by atoms with E-state index in [9.17, 15) is 4.79 Å². The summed E-state index contributed by atoms with van der Waals surface area (Å²) >= 11 is 0. The number of primary amides is 1. The van der Waals surface area contributed by atoms with Crippen LogP contribution in [0.15, 0.2) is 12.5 Å². The lowest BCUT2D eigenvalue weighted by molar-refractivity contribution is -0.0370. The fraction of sp³-hybridized carbons (Fsp3) is 0.455. The zero-order valence-corrected chi connectivity index (χ0v) is 11.0. The van der Waals surface area contributed by atoms with Gasteiger partial charge in [-0.1, -0.05) is 0 Å². The molecule has 0 bridgehead atoms. The van der Waals surface area contributed by atoms with E-state index in [1.54, 1.807) is 7.11 Å². The fourth-order valence-electron chi connectivity index (χ4n) is 1.47. The normalized spacial score (nSPS) is 10.8. The Kier molecular flexibility index (Phi) is 4.80. The van der Waals surface area contributed by atoms with Crippen LogP contribution in [0.1, 0.15) is 17.0 Å². The molecule has 9 heteroatoms. The molecule has 0 spiro atoms. The molecule has 20 heavy (non-hydrogen) atoms. The molecule has 0 unspecified atom stereocenters. The number of carbonyl (C=O) groups is 1. The number of methoxy groups -OCH3 is 1. The van der Waals surface area contributed by atoms with Gasteiger partial charge in [-0.25, -0.2) is 15.0 Å². The van der Waals surface area contributed by atoms with Gasteiger partial charge in [0.2, 0.25) is 5.82 Å². The number of rotatable bonds is 8. The minimum Gasteiger partial charge on any atom is -0.411 e.